The van der Waals surface area contributed by atoms with E-state index in [-0.39, 0.29) is 45.7 Å². The van der Waals surface area contributed by atoms with E-state index in [9.17, 15) is 14.9 Å². The van der Waals surface area contributed by atoms with Crippen molar-refractivity contribution in [1.82, 2.24) is 5.43 Å². The summed E-state index contributed by atoms with van der Waals surface area (Å²) < 4.78 is 5.08. The average Bonchev–Trinajstić information content (AvgIpc) is 2.98. The molecule has 1 aromatic rings. The molecular formula is C11H16BrN5O4. The minimum absolute atomic E-state index is 0. The first kappa shape index (κ1) is 17.3. The molecule has 1 amide bonds. The third-order valence-corrected chi connectivity index (χ3v) is 3.09. The van der Waals surface area contributed by atoms with Gasteiger partial charge in [-0.3, -0.25) is 14.9 Å². The van der Waals surface area contributed by atoms with Crippen molar-refractivity contribution in [3.05, 3.63) is 28.0 Å². The van der Waals surface area contributed by atoms with E-state index in [4.69, 9.17) is 10.3 Å². The lowest BCUT2D eigenvalue weighted by Crippen LogP contribution is -3.00. The van der Waals surface area contributed by atoms with Gasteiger partial charge in [-0.2, -0.15) is 10.9 Å². The van der Waals surface area contributed by atoms with Gasteiger partial charge in [0, 0.05) is 12.8 Å². The number of nitrogens with two attached hydrogens (primary N) is 1. The molecular weight excluding hydrogens is 346 g/mol. The van der Waals surface area contributed by atoms with Crippen molar-refractivity contribution < 1.29 is 35.7 Å². The second-order valence-electron chi connectivity index (χ2n) is 4.76. The fourth-order valence-corrected chi connectivity index (χ4v) is 2.12. The smallest absolute Gasteiger partial charge is 0.433 e. The number of nitrogens with zero attached hydrogens (tertiary/aromatic N) is 3. The van der Waals surface area contributed by atoms with Gasteiger partial charge in [0.25, 0.3) is 5.91 Å². The van der Waals surface area contributed by atoms with Gasteiger partial charge in [0.05, 0.1) is 25.4 Å². The molecule has 1 aromatic heterocycles. The first-order valence-electron chi connectivity index (χ1n) is 6.19. The van der Waals surface area contributed by atoms with Gasteiger partial charge in [0.15, 0.2) is 12.3 Å². The number of hydrogen-bond acceptors (Lipinski definition) is 6. The molecule has 2 rings (SSSR count). The maximum Gasteiger partial charge on any atom is 0.433 e. The Morgan fingerprint density at radius 3 is 2.76 bits per heavy atom. The van der Waals surface area contributed by atoms with Crippen LogP contribution in [0.2, 0.25) is 0 Å². The van der Waals surface area contributed by atoms with Crippen LogP contribution in [0.15, 0.2) is 21.7 Å². The normalized spacial score (nSPS) is 16.6. The zero-order chi connectivity index (χ0) is 14.6. The number of likely N-dealkylation sites (tertiary alicyclic amines) is 1. The molecule has 0 atom stereocenters. The standard InChI is InChI=1S/C11H15N5O4.BrH/c12-16(5-1-2-6-16)8-10(17)14-13-7-9-3-4-11(20-9)15(18)19;/h3-4,7H,1-2,5-6,8,12H2;1H/b13-7+;. The Balaban J connectivity index is 0.00000220. The highest BCUT2D eigenvalue weighted by atomic mass is 79.9. The number of rotatable bonds is 5. The predicted molar refractivity (Wildman–Crippen MR) is 69.4 cm³/mol. The third kappa shape index (κ3) is 4.92. The highest BCUT2D eigenvalue weighted by Crippen LogP contribution is 2.14. The van der Waals surface area contributed by atoms with Crippen LogP contribution in [-0.4, -0.2) is 41.3 Å². The highest BCUT2D eigenvalue weighted by molar-refractivity contribution is 5.81. The fourth-order valence-electron chi connectivity index (χ4n) is 2.12. The van der Waals surface area contributed by atoms with Gasteiger partial charge in [0.2, 0.25) is 0 Å². The number of furan rings is 1. The van der Waals surface area contributed by atoms with E-state index in [2.05, 4.69) is 10.5 Å². The molecule has 0 aromatic carbocycles. The molecule has 0 saturated carbocycles. The van der Waals surface area contributed by atoms with Gasteiger partial charge in [-0.05, 0) is 6.07 Å². The largest absolute Gasteiger partial charge is 1.00 e. The summed E-state index contributed by atoms with van der Waals surface area (Å²) >= 11 is 0. The Kier molecular flexibility index (Phi) is 6.00. The molecule has 9 nitrogen and oxygen atoms in total. The number of carbonyl (C=O) groups excluding carboxylic acids is 1. The molecule has 116 valence electrons. The molecule has 2 heterocycles. The van der Waals surface area contributed by atoms with Gasteiger partial charge < -0.3 is 21.4 Å². The molecule has 10 heteroatoms. The van der Waals surface area contributed by atoms with E-state index in [0.29, 0.717) is 0 Å². The van der Waals surface area contributed by atoms with Gasteiger partial charge in [-0.1, -0.05) is 0 Å². The molecule has 1 fully saturated rings. The molecule has 1 aliphatic rings. The Bertz CT molecular complexity index is 538. The molecule has 3 N–H and O–H groups in total. The predicted octanol–water partition coefficient (Wildman–Crippen LogP) is -2.87. The number of halogens is 1. The maximum atomic E-state index is 11.6. The average molecular weight is 362 g/mol. The van der Waals surface area contributed by atoms with Crippen LogP contribution in [-0.2, 0) is 4.79 Å². The van der Waals surface area contributed by atoms with Crippen molar-refractivity contribution >= 4 is 18.0 Å². The Hall–Kier alpha value is -1.78. The van der Waals surface area contributed by atoms with E-state index in [0.717, 1.165) is 25.9 Å². The van der Waals surface area contributed by atoms with Crippen LogP contribution in [0.5, 0.6) is 0 Å². The molecule has 1 aliphatic heterocycles. The van der Waals surface area contributed by atoms with Gasteiger partial charge in [-0.25, -0.2) is 10.0 Å². The van der Waals surface area contributed by atoms with Gasteiger partial charge >= 0.3 is 5.88 Å². The third-order valence-electron chi connectivity index (χ3n) is 3.09. The molecule has 0 aliphatic carbocycles. The zero-order valence-electron chi connectivity index (χ0n) is 11.2. The van der Waals surface area contributed by atoms with Crippen molar-refractivity contribution in [2.45, 2.75) is 12.8 Å². The molecule has 0 spiro atoms. The summed E-state index contributed by atoms with van der Waals surface area (Å²) in [6, 6.07) is 2.61. The monoisotopic (exact) mass is 361 g/mol. The Labute approximate surface area is 131 Å². The highest BCUT2D eigenvalue weighted by Gasteiger charge is 2.30. The number of quaternary nitrogens is 1. The number of hydrazone groups is 1. The number of carbonyl (C=O) groups is 1. The molecule has 0 unspecified atom stereocenters. The summed E-state index contributed by atoms with van der Waals surface area (Å²) in [6.07, 6.45) is 3.24. The summed E-state index contributed by atoms with van der Waals surface area (Å²) in [5.74, 6) is 5.53. The van der Waals surface area contributed by atoms with Crippen LogP contribution in [0.1, 0.15) is 18.6 Å². The van der Waals surface area contributed by atoms with Crippen LogP contribution < -0.4 is 28.2 Å². The lowest BCUT2D eigenvalue weighted by Gasteiger charge is -2.25. The van der Waals surface area contributed by atoms with Gasteiger partial charge in [-0.15, -0.1) is 0 Å². The summed E-state index contributed by atoms with van der Waals surface area (Å²) in [5.41, 5.74) is 2.33. The number of amides is 1. The van der Waals surface area contributed by atoms with E-state index in [1.165, 1.54) is 18.3 Å². The van der Waals surface area contributed by atoms with Crippen LogP contribution in [0.4, 0.5) is 5.88 Å². The number of nitrogens with one attached hydrogen (secondary N) is 1. The lowest BCUT2D eigenvalue weighted by molar-refractivity contribution is -0.921. The molecule has 21 heavy (non-hydrogen) atoms. The van der Waals surface area contributed by atoms with E-state index < -0.39 is 4.92 Å². The maximum absolute atomic E-state index is 11.6. The quantitative estimate of drug-likeness (QED) is 0.192. The molecule has 1 saturated heterocycles. The van der Waals surface area contributed by atoms with E-state index >= 15 is 0 Å². The summed E-state index contributed by atoms with van der Waals surface area (Å²) in [4.78, 5) is 21.4. The van der Waals surface area contributed by atoms with Crippen LogP contribution in [0, 0.1) is 10.1 Å². The van der Waals surface area contributed by atoms with Crippen LogP contribution in [0.3, 0.4) is 0 Å². The Morgan fingerprint density at radius 1 is 1.52 bits per heavy atom. The second kappa shape index (κ2) is 7.29. The van der Waals surface area contributed by atoms with Crippen molar-refractivity contribution in [2.75, 3.05) is 19.6 Å². The van der Waals surface area contributed by atoms with Crippen molar-refractivity contribution in [3.8, 4) is 0 Å². The van der Waals surface area contributed by atoms with Crippen molar-refractivity contribution in [2.24, 2.45) is 10.9 Å². The van der Waals surface area contributed by atoms with Crippen molar-refractivity contribution in [3.63, 3.8) is 0 Å². The van der Waals surface area contributed by atoms with Crippen LogP contribution in [0.25, 0.3) is 0 Å². The Morgan fingerprint density at radius 2 is 2.19 bits per heavy atom. The summed E-state index contributed by atoms with van der Waals surface area (Å²) in [6.45, 7) is 1.72. The minimum atomic E-state index is -0.647. The summed E-state index contributed by atoms with van der Waals surface area (Å²) in [7, 11) is 0. The molecule has 0 bridgehead atoms. The first-order chi connectivity index (χ1) is 9.48. The van der Waals surface area contributed by atoms with Crippen LogP contribution >= 0.6 is 0 Å². The summed E-state index contributed by atoms with van der Waals surface area (Å²) in [5, 5.41) is 14.1. The minimum Gasteiger partial charge on any atom is -1.00 e. The SMILES string of the molecule is N[N+]1(CC(=O)N/N=C/c2ccc([N+](=O)[O-])o2)CCCC1.[Br-]. The van der Waals surface area contributed by atoms with E-state index in [1.54, 1.807) is 0 Å². The molecule has 0 radical (unpaired) electrons. The first-order valence-corrected chi connectivity index (χ1v) is 6.19. The van der Waals surface area contributed by atoms with E-state index in [1.807, 2.05) is 0 Å². The van der Waals surface area contributed by atoms with Gasteiger partial charge in [0.1, 0.15) is 4.92 Å². The number of nitro groups is 1. The van der Waals surface area contributed by atoms with Crippen molar-refractivity contribution in [1.29, 1.82) is 0 Å². The second-order valence-corrected chi connectivity index (χ2v) is 4.76. The number of hydrogen-bond donors (Lipinski definition) is 2. The zero-order valence-corrected chi connectivity index (χ0v) is 12.8. The topological polar surface area (TPSA) is 124 Å². The fraction of sp³-hybridized carbons (Fsp3) is 0.455. The lowest BCUT2D eigenvalue weighted by atomic mass is 10.4.